The molecule has 1 aromatic heterocycles. The van der Waals surface area contributed by atoms with Gasteiger partial charge in [-0.15, -0.1) is 0 Å². The Morgan fingerprint density at radius 3 is 2.11 bits per heavy atom. The Balaban J connectivity index is 0.000000184. The van der Waals surface area contributed by atoms with Crippen molar-refractivity contribution in [2.75, 3.05) is 0 Å². The molecule has 0 atom stereocenters. The van der Waals surface area contributed by atoms with Gasteiger partial charge in [-0.2, -0.15) is 0 Å². The van der Waals surface area contributed by atoms with Crippen LogP contribution < -0.4 is 5.73 Å². The van der Waals surface area contributed by atoms with Crippen molar-refractivity contribution in [1.29, 1.82) is 0 Å². The Hall–Kier alpha value is -1.70. The summed E-state index contributed by atoms with van der Waals surface area (Å²) in [5.74, 6) is 0. The summed E-state index contributed by atoms with van der Waals surface area (Å²) in [6, 6.07) is 8.13. The standard InChI is InChI=1S/C7H9N.C4H6N2O3S/c1-6-2-4-7(8)5-3-6;1-6-3-2-5-4(6)10(7,8)9/h2-5H,8H2,1H3;2-3H,1H3,(H,7,8,9). The molecule has 0 fully saturated rings. The topological polar surface area (TPSA) is 103 Å². The zero-order valence-corrected chi connectivity index (χ0v) is 11.0. The van der Waals surface area contributed by atoms with Gasteiger partial charge in [0.25, 0.3) is 0 Å². The summed E-state index contributed by atoms with van der Waals surface area (Å²) < 4.78 is 32.0. The van der Waals surface area contributed by atoms with Gasteiger partial charge in [-0.3, -0.25) is 0 Å². The van der Waals surface area contributed by atoms with Gasteiger partial charge in [-0.25, -0.2) is 13.4 Å². The maximum Gasteiger partial charge on any atom is 0.214 e. The molecule has 1 aromatic carbocycles. The molecule has 0 radical (unpaired) electrons. The predicted octanol–water partition coefficient (Wildman–Crippen LogP) is 0.193. The largest absolute Gasteiger partial charge is 0.742 e. The first-order valence-corrected chi connectivity index (χ1v) is 6.53. The van der Waals surface area contributed by atoms with Crippen LogP contribution in [-0.4, -0.2) is 22.5 Å². The Labute approximate surface area is 106 Å². The number of quaternary nitrogens is 1. The van der Waals surface area contributed by atoms with Gasteiger partial charge in [0.15, 0.2) is 10.1 Å². The quantitative estimate of drug-likeness (QED) is 0.746. The summed E-state index contributed by atoms with van der Waals surface area (Å²) in [6.07, 6.45) is 2.65. The van der Waals surface area contributed by atoms with Gasteiger partial charge >= 0.3 is 0 Å². The summed E-state index contributed by atoms with van der Waals surface area (Å²) in [5, 5.41) is -0.451. The predicted molar refractivity (Wildman–Crippen MR) is 64.9 cm³/mol. The second-order valence-electron chi connectivity index (χ2n) is 3.76. The molecule has 0 aliphatic rings. The van der Waals surface area contributed by atoms with Crippen LogP contribution in [0.3, 0.4) is 0 Å². The zero-order valence-electron chi connectivity index (χ0n) is 10.2. The van der Waals surface area contributed by atoms with Crippen LogP contribution in [0.1, 0.15) is 5.56 Å². The van der Waals surface area contributed by atoms with Gasteiger partial charge in [0.05, 0.1) is 0 Å². The van der Waals surface area contributed by atoms with Crippen LogP contribution in [0.5, 0.6) is 0 Å². The Morgan fingerprint density at radius 2 is 1.83 bits per heavy atom. The van der Waals surface area contributed by atoms with E-state index in [1.807, 2.05) is 12.1 Å². The lowest BCUT2D eigenvalue weighted by atomic mass is 10.2. The summed E-state index contributed by atoms with van der Waals surface area (Å²) >= 11 is 0. The first-order valence-electron chi connectivity index (χ1n) is 5.12. The lowest BCUT2D eigenvalue weighted by Crippen LogP contribution is -2.39. The van der Waals surface area contributed by atoms with Crippen LogP contribution in [-0.2, 0) is 17.2 Å². The number of aryl methyl sites for hydroxylation is 2. The average molecular weight is 269 g/mol. The Kier molecular flexibility index (Phi) is 4.60. The lowest BCUT2D eigenvalue weighted by Gasteiger charge is -2.04. The minimum Gasteiger partial charge on any atom is -0.742 e. The number of hydrogen-bond acceptors (Lipinski definition) is 4. The number of nitrogens with zero attached hydrogens (tertiary/aromatic N) is 2. The highest BCUT2D eigenvalue weighted by Gasteiger charge is 2.04. The molecule has 0 aliphatic heterocycles. The first-order chi connectivity index (χ1) is 8.30. The fourth-order valence-electron chi connectivity index (χ4n) is 1.18. The molecule has 0 saturated heterocycles. The van der Waals surface area contributed by atoms with E-state index in [0.717, 1.165) is 10.3 Å². The molecule has 2 aromatic rings. The molecular formula is C11H15N3O3S. The Bertz CT molecular complexity index is 582. The van der Waals surface area contributed by atoms with Crippen molar-refractivity contribution < 1.29 is 18.7 Å². The van der Waals surface area contributed by atoms with Crippen molar-refractivity contribution in [1.82, 2.24) is 9.55 Å². The first kappa shape index (κ1) is 14.4. The normalized spacial score (nSPS) is 10.7. The highest BCUT2D eigenvalue weighted by molar-refractivity contribution is 7.85. The van der Waals surface area contributed by atoms with Crippen LogP contribution in [0, 0.1) is 6.92 Å². The van der Waals surface area contributed by atoms with E-state index in [1.54, 1.807) is 0 Å². The third kappa shape index (κ3) is 4.28. The van der Waals surface area contributed by atoms with Crippen LogP contribution in [0.2, 0.25) is 0 Å². The SMILES string of the molecule is Cc1ccc([NH3+])cc1.Cn1ccnc1S(=O)(=O)[O-]. The highest BCUT2D eigenvalue weighted by Crippen LogP contribution is 2.01. The van der Waals surface area contributed by atoms with Gasteiger partial charge in [0.2, 0.25) is 5.16 Å². The summed E-state index contributed by atoms with van der Waals surface area (Å²) in [5.41, 5.74) is 6.13. The number of rotatable bonds is 1. The maximum absolute atomic E-state index is 10.3. The van der Waals surface area contributed by atoms with E-state index in [0.29, 0.717) is 0 Å². The van der Waals surface area contributed by atoms with Crippen molar-refractivity contribution in [2.24, 2.45) is 7.05 Å². The zero-order chi connectivity index (χ0) is 13.8. The van der Waals surface area contributed by atoms with Crippen molar-refractivity contribution in [3.63, 3.8) is 0 Å². The van der Waals surface area contributed by atoms with E-state index >= 15 is 0 Å². The number of hydrogen-bond donors (Lipinski definition) is 1. The number of benzene rings is 1. The molecule has 0 saturated carbocycles. The molecule has 0 amide bonds. The van der Waals surface area contributed by atoms with Gasteiger partial charge in [0.1, 0.15) is 5.69 Å². The van der Waals surface area contributed by atoms with Crippen LogP contribution in [0.25, 0.3) is 0 Å². The van der Waals surface area contributed by atoms with E-state index in [2.05, 4.69) is 29.8 Å². The van der Waals surface area contributed by atoms with Crippen molar-refractivity contribution in [2.45, 2.75) is 12.1 Å². The van der Waals surface area contributed by atoms with E-state index in [4.69, 9.17) is 0 Å². The minimum atomic E-state index is -4.39. The van der Waals surface area contributed by atoms with Crippen molar-refractivity contribution in [3.05, 3.63) is 42.2 Å². The second kappa shape index (κ2) is 5.76. The summed E-state index contributed by atoms with van der Waals surface area (Å²) in [7, 11) is -2.95. The second-order valence-corrected chi connectivity index (χ2v) is 5.03. The lowest BCUT2D eigenvalue weighted by molar-refractivity contribution is -0.254. The smallest absolute Gasteiger partial charge is 0.214 e. The molecule has 0 bridgehead atoms. The fraction of sp³-hybridized carbons (Fsp3) is 0.182. The fourth-order valence-corrected chi connectivity index (χ4v) is 1.78. The summed E-state index contributed by atoms with van der Waals surface area (Å²) in [6.45, 7) is 2.07. The van der Waals surface area contributed by atoms with Crippen LogP contribution in [0.15, 0.2) is 41.8 Å². The molecule has 2 rings (SSSR count). The molecular weight excluding hydrogens is 254 g/mol. The highest BCUT2D eigenvalue weighted by atomic mass is 32.2. The van der Waals surface area contributed by atoms with E-state index in [1.165, 1.54) is 25.0 Å². The van der Waals surface area contributed by atoms with Crippen molar-refractivity contribution >= 4 is 15.8 Å². The molecule has 6 nitrogen and oxygen atoms in total. The van der Waals surface area contributed by atoms with Gasteiger partial charge in [-0.1, -0.05) is 17.7 Å². The average Bonchev–Trinajstić information content (AvgIpc) is 2.69. The number of aromatic nitrogens is 2. The van der Waals surface area contributed by atoms with E-state index in [-0.39, 0.29) is 0 Å². The Morgan fingerprint density at radius 1 is 1.28 bits per heavy atom. The number of imidazole rings is 1. The molecule has 18 heavy (non-hydrogen) atoms. The van der Waals surface area contributed by atoms with Gasteiger partial charge in [0, 0.05) is 19.4 Å². The molecule has 3 N–H and O–H groups in total. The molecule has 98 valence electrons. The van der Waals surface area contributed by atoms with Crippen LogP contribution in [0.4, 0.5) is 5.69 Å². The maximum atomic E-state index is 10.3. The van der Waals surface area contributed by atoms with Gasteiger partial charge < -0.3 is 14.9 Å². The van der Waals surface area contributed by atoms with Crippen molar-refractivity contribution in [3.8, 4) is 0 Å². The monoisotopic (exact) mass is 269 g/mol. The third-order valence-electron chi connectivity index (χ3n) is 2.12. The molecule has 0 aliphatic carbocycles. The molecule has 1 heterocycles. The summed E-state index contributed by atoms with van der Waals surface area (Å²) in [4.78, 5) is 3.35. The minimum absolute atomic E-state index is 0.451. The molecule has 0 spiro atoms. The molecule has 7 heteroatoms. The van der Waals surface area contributed by atoms with E-state index < -0.39 is 15.3 Å². The van der Waals surface area contributed by atoms with Gasteiger partial charge in [-0.05, 0) is 19.1 Å². The van der Waals surface area contributed by atoms with Crippen LogP contribution >= 0.6 is 0 Å². The van der Waals surface area contributed by atoms with E-state index in [9.17, 15) is 13.0 Å². The molecule has 0 unspecified atom stereocenters. The third-order valence-corrected chi connectivity index (χ3v) is 2.96.